The van der Waals surface area contributed by atoms with Crippen molar-refractivity contribution in [2.45, 2.75) is 6.42 Å². The molecular formula is C25H23N5S2. The summed E-state index contributed by atoms with van der Waals surface area (Å²) in [6, 6.07) is 27.5. The fraction of sp³-hybridized carbons (Fsp3) is 0.200. The third-order valence-corrected chi connectivity index (χ3v) is 7.94. The van der Waals surface area contributed by atoms with E-state index in [4.69, 9.17) is 9.97 Å². The predicted molar refractivity (Wildman–Crippen MR) is 136 cm³/mol. The van der Waals surface area contributed by atoms with Crippen molar-refractivity contribution in [3.63, 3.8) is 0 Å². The van der Waals surface area contributed by atoms with E-state index in [1.807, 2.05) is 0 Å². The highest BCUT2D eigenvalue weighted by atomic mass is 32.1. The number of fused-ring (bicyclic) bond motifs is 2. The summed E-state index contributed by atoms with van der Waals surface area (Å²) in [7, 11) is 0. The molecule has 0 saturated carbocycles. The van der Waals surface area contributed by atoms with Gasteiger partial charge in [-0.05, 0) is 36.2 Å². The monoisotopic (exact) mass is 457 g/mol. The molecule has 3 aromatic carbocycles. The van der Waals surface area contributed by atoms with Crippen molar-refractivity contribution in [3.8, 4) is 0 Å². The maximum atomic E-state index is 4.93. The number of thiazole rings is 2. The first-order valence-electron chi connectivity index (χ1n) is 10.8. The van der Waals surface area contributed by atoms with Crippen LogP contribution >= 0.6 is 22.7 Å². The van der Waals surface area contributed by atoms with E-state index in [1.54, 1.807) is 22.7 Å². The molecule has 1 aliphatic rings. The van der Waals surface area contributed by atoms with Gasteiger partial charge in [0, 0.05) is 6.54 Å². The zero-order valence-corrected chi connectivity index (χ0v) is 19.2. The van der Waals surface area contributed by atoms with Gasteiger partial charge in [-0.25, -0.2) is 9.97 Å². The molecule has 32 heavy (non-hydrogen) atoms. The number of anilines is 2. The molecule has 5 aromatic rings. The van der Waals surface area contributed by atoms with Crippen LogP contribution in [0.25, 0.3) is 20.4 Å². The van der Waals surface area contributed by atoms with Crippen molar-refractivity contribution in [3.05, 3.63) is 84.4 Å². The standard InChI is InChI=1S/C25H23N5S2/c1-2-8-19(9-3-1)14-15-28-16-29(24-26-20-10-4-6-12-22(20)31-24)18-30(17-28)25-27-21-11-5-7-13-23(21)32-25/h1-13H,14-18H2. The number of aromatic nitrogens is 2. The Bertz CT molecular complexity index is 1200. The molecule has 160 valence electrons. The summed E-state index contributed by atoms with van der Waals surface area (Å²) < 4.78 is 2.46. The number of benzene rings is 3. The Morgan fingerprint density at radius 1 is 0.625 bits per heavy atom. The van der Waals surface area contributed by atoms with Gasteiger partial charge in [-0.3, -0.25) is 4.90 Å². The summed E-state index contributed by atoms with van der Waals surface area (Å²) in [4.78, 5) is 17.1. The summed E-state index contributed by atoms with van der Waals surface area (Å²) >= 11 is 3.53. The molecule has 0 aliphatic carbocycles. The number of rotatable bonds is 5. The van der Waals surface area contributed by atoms with Crippen LogP contribution in [-0.4, -0.2) is 41.4 Å². The van der Waals surface area contributed by atoms with Gasteiger partial charge in [-0.15, -0.1) is 0 Å². The first-order chi connectivity index (χ1) is 15.8. The molecule has 0 spiro atoms. The Balaban J connectivity index is 1.29. The molecule has 0 unspecified atom stereocenters. The van der Waals surface area contributed by atoms with Crippen LogP contribution in [-0.2, 0) is 6.42 Å². The zero-order valence-electron chi connectivity index (χ0n) is 17.6. The van der Waals surface area contributed by atoms with Gasteiger partial charge < -0.3 is 9.80 Å². The van der Waals surface area contributed by atoms with E-state index in [0.29, 0.717) is 0 Å². The van der Waals surface area contributed by atoms with Gasteiger partial charge >= 0.3 is 0 Å². The van der Waals surface area contributed by atoms with Gasteiger partial charge in [-0.1, -0.05) is 77.3 Å². The first kappa shape index (κ1) is 19.7. The lowest BCUT2D eigenvalue weighted by atomic mass is 10.1. The molecule has 7 heteroatoms. The Hall–Kier alpha value is -3.00. The summed E-state index contributed by atoms with van der Waals surface area (Å²) in [5.74, 6) is 0. The van der Waals surface area contributed by atoms with E-state index < -0.39 is 0 Å². The number of para-hydroxylation sites is 2. The molecule has 1 fully saturated rings. The fourth-order valence-electron chi connectivity index (χ4n) is 4.13. The quantitative estimate of drug-likeness (QED) is 0.341. The minimum atomic E-state index is 0.793. The second-order valence-corrected chi connectivity index (χ2v) is 10.1. The van der Waals surface area contributed by atoms with Crippen LogP contribution in [0.3, 0.4) is 0 Å². The lowest BCUT2D eigenvalue weighted by Crippen LogP contribution is -2.55. The largest absolute Gasteiger partial charge is 0.317 e. The Kier molecular flexibility index (Phi) is 5.23. The van der Waals surface area contributed by atoms with Gasteiger partial charge in [0.05, 0.1) is 40.4 Å². The van der Waals surface area contributed by atoms with Gasteiger partial charge in [0.15, 0.2) is 10.3 Å². The second-order valence-electron chi connectivity index (χ2n) is 8.06. The Morgan fingerprint density at radius 2 is 1.16 bits per heavy atom. The minimum Gasteiger partial charge on any atom is -0.317 e. The lowest BCUT2D eigenvalue weighted by Gasteiger charge is -2.42. The number of hydrogen-bond donors (Lipinski definition) is 0. The molecule has 0 bridgehead atoms. The fourth-order valence-corrected chi connectivity index (χ4v) is 6.03. The summed E-state index contributed by atoms with van der Waals surface area (Å²) in [6.07, 6.45) is 1.03. The van der Waals surface area contributed by atoms with E-state index in [1.165, 1.54) is 15.0 Å². The zero-order chi connectivity index (χ0) is 21.3. The highest BCUT2D eigenvalue weighted by molar-refractivity contribution is 7.22. The third kappa shape index (κ3) is 3.95. The van der Waals surface area contributed by atoms with Crippen molar-refractivity contribution < 1.29 is 0 Å². The molecule has 6 rings (SSSR count). The first-order valence-corrected chi connectivity index (χ1v) is 12.4. The molecule has 0 atom stereocenters. The molecule has 0 amide bonds. The van der Waals surface area contributed by atoms with Gasteiger partial charge in [0.25, 0.3) is 0 Å². The van der Waals surface area contributed by atoms with Crippen LogP contribution in [0.4, 0.5) is 10.3 Å². The maximum absolute atomic E-state index is 4.93. The molecule has 2 aromatic heterocycles. The molecular weight excluding hydrogens is 434 g/mol. The Morgan fingerprint density at radius 3 is 1.72 bits per heavy atom. The minimum absolute atomic E-state index is 0.793. The van der Waals surface area contributed by atoms with Crippen LogP contribution in [0, 0.1) is 0 Å². The van der Waals surface area contributed by atoms with Crippen molar-refractivity contribution in [1.29, 1.82) is 0 Å². The smallest absolute Gasteiger partial charge is 0.188 e. The molecule has 1 aliphatic heterocycles. The predicted octanol–water partition coefficient (Wildman–Crippen LogP) is 5.65. The van der Waals surface area contributed by atoms with Crippen molar-refractivity contribution >= 4 is 53.4 Å². The SMILES string of the molecule is c1ccc(CCN2CN(c3nc4ccccc4s3)CN(c3nc4ccccc4s3)C2)cc1. The normalized spacial score (nSPS) is 15.1. The Labute approximate surface area is 195 Å². The van der Waals surface area contributed by atoms with Gasteiger partial charge in [0.1, 0.15) is 0 Å². The molecule has 5 nitrogen and oxygen atoms in total. The van der Waals surface area contributed by atoms with Crippen molar-refractivity contribution in [2.75, 3.05) is 36.4 Å². The van der Waals surface area contributed by atoms with Crippen LogP contribution in [0.1, 0.15) is 5.56 Å². The van der Waals surface area contributed by atoms with Crippen LogP contribution in [0.2, 0.25) is 0 Å². The summed E-state index contributed by atoms with van der Waals surface area (Å²) in [5, 5.41) is 2.14. The second kappa shape index (κ2) is 8.50. The maximum Gasteiger partial charge on any atom is 0.188 e. The molecule has 0 radical (unpaired) electrons. The topological polar surface area (TPSA) is 35.5 Å². The molecule has 3 heterocycles. The highest BCUT2D eigenvalue weighted by Crippen LogP contribution is 2.33. The number of hydrogen-bond acceptors (Lipinski definition) is 7. The highest BCUT2D eigenvalue weighted by Gasteiger charge is 2.27. The van der Waals surface area contributed by atoms with E-state index in [9.17, 15) is 0 Å². The van der Waals surface area contributed by atoms with Crippen LogP contribution in [0.5, 0.6) is 0 Å². The van der Waals surface area contributed by atoms with Crippen LogP contribution < -0.4 is 9.80 Å². The summed E-state index contributed by atoms with van der Waals surface area (Å²) in [6.45, 7) is 3.52. The molecule has 1 saturated heterocycles. The van der Waals surface area contributed by atoms with E-state index in [0.717, 1.165) is 54.3 Å². The van der Waals surface area contributed by atoms with E-state index >= 15 is 0 Å². The van der Waals surface area contributed by atoms with Gasteiger partial charge in [0.2, 0.25) is 0 Å². The van der Waals surface area contributed by atoms with E-state index in [2.05, 4.69) is 93.6 Å². The third-order valence-electron chi connectivity index (χ3n) is 5.75. The lowest BCUT2D eigenvalue weighted by molar-refractivity contribution is 0.244. The molecule has 0 N–H and O–H groups in total. The van der Waals surface area contributed by atoms with Crippen molar-refractivity contribution in [2.24, 2.45) is 0 Å². The average Bonchev–Trinajstić information content (AvgIpc) is 3.48. The van der Waals surface area contributed by atoms with Crippen LogP contribution in [0.15, 0.2) is 78.9 Å². The number of nitrogens with zero attached hydrogens (tertiary/aromatic N) is 5. The van der Waals surface area contributed by atoms with Gasteiger partial charge in [-0.2, -0.15) is 0 Å². The summed E-state index contributed by atoms with van der Waals surface area (Å²) in [5.41, 5.74) is 3.51. The average molecular weight is 458 g/mol. The van der Waals surface area contributed by atoms with E-state index in [-0.39, 0.29) is 0 Å². The van der Waals surface area contributed by atoms with Crippen molar-refractivity contribution in [1.82, 2.24) is 14.9 Å².